The molecule has 1 rings (SSSR count). The van der Waals surface area contributed by atoms with E-state index in [9.17, 15) is 4.79 Å². The minimum atomic E-state index is -0.515. The van der Waals surface area contributed by atoms with Crippen molar-refractivity contribution in [2.75, 3.05) is 6.54 Å². The average Bonchev–Trinajstić information content (AvgIpc) is 2.66. The molecule has 84 valence electrons. The molecule has 0 spiro atoms. The lowest BCUT2D eigenvalue weighted by Crippen LogP contribution is -2.41. The zero-order valence-corrected chi connectivity index (χ0v) is 10.1. The normalized spacial score (nSPS) is 13.8. The first-order valence-corrected chi connectivity index (χ1v) is 5.73. The van der Waals surface area contributed by atoms with Crippen LogP contribution in [0.2, 0.25) is 0 Å². The van der Waals surface area contributed by atoms with Crippen LogP contribution in [0.5, 0.6) is 0 Å². The number of carbonyl (C=O) groups is 1. The number of amides is 1. The van der Waals surface area contributed by atoms with Crippen LogP contribution >= 0.6 is 11.3 Å². The van der Waals surface area contributed by atoms with E-state index >= 15 is 0 Å². The van der Waals surface area contributed by atoms with Gasteiger partial charge in [0.25, 0.3) is 0 Å². The summed E-state index contributed by atoms with van der Waals surface area (Å²) in [5.41, 5.74) is 6.57. The van der Waals surface area contributed by atoms with Crippen LogP contribution in [0, 0.1) is 5.41 Å². The van der Waals surface area contributed by atoms with Gasteiger partial charge < -0.3 is 11.1 Å². The first-order valence-electron chi connectivity index (χ1n) is 4.85. The Hall–Kier alpha value is -0.940. The van der Waals surface area contributed by atoms with Crippen LogP contribution in [0.15, 0.2) is 11.7 Å². The largest absolute Gasteiger partial charge is 0.369 e. The monoisotopic (exact) mass is 227 g/mol. The van der Waals surface area contributed by atoms with Crippen molar-refractivity contribution >= 4 is 17.2 Å². The van der Waals surface area contributed by atoms with Crippen LogP contribution in [-0.2, 0) is 4.79 Å². The highest BCUT2D eigenvalue weighted by atomic mass is 32.1. The molecule has 0 bridgehead atoms. The van der Waals surface area contributed by atoms with Crippen LogP contribution in [0.1, 0.15) is 31.7 Å². The third kappa shape index (κ3) is 3.28. The maximum atomic E-state index is 11.1. The molecule has 1 aromatic heterocycles. The summed E-state index contributed by atoms with van der Waals surface area (Å²) in [7, 11) is 0. The van der Waals surface area contributed by atoms with Crippen molar-refractivity contribution < 1.29 is 4.79 Å². The van der Waals surface area contributed by atoms with Gasteiger partial charge in [0.1, 0.15) is 0 Å². The van der Waals surface area contributed by atoms with E-state index in [-0.39, 0.29) is 11.9 Å². The molecule has 0 saturated heterocycles. The highest BCUT2D eigenvalue weighted by Crippen LogP contribution is 2.19. The third-order valence-electron chi connectivity index (χ3n) is 2.40. The SMILES string of the molecule is CC(NCC(C)(C)C(N)=O)c1cncs1. The van der Waals surface area contributed by atoms with Crippen molar-refractivity contribution in [3.05, 3.63) is 16.6 Å². The summed E-state index contributed by atoms with van der Waals surface area (Å²) in [6.07, 6.45) is 1.83. The molecule has 0 aliphatic rings. The minimum absolute atomic E-state index is 0.205. The molecule has 15 heavy (non-hydrogen) atoms. The number of aromatic nitrogens is 1. The minimum Gasteiger partial charge on any atom is -0.369 e. The summed E-state index contributed by atoms with van der Waals surface area (Å²) >= 11 is 1.60. The summed E-state index contributed by atoms with van der Waals surface area (Å²) < 4.78 is 0. The van der Waals surface area contributed by atoms with Crippen molar-refractivity contribution in [1.29, 1.82) is 0 Å². The van der Waals surface area contributed by atoms with Crippen molar-refractivity contribution in [2.45, 2.75) is 26.8 Å². The Labute approximate surface area is 93.9 Å². The van der Waals surface area contributed by atoms with E-state index in [1.807, 2.05) is 27.0 Å². The summed E-state index contributed by atoms with van der Waals surface area (Å²) in [4.78, 5) is 16.3. The number of thiazole rings is 1. The highest BCUT2D eigenvalue weighted by Gasteiger charge is 2.25. The third-order valence-corrected chi connectivity index (χ3v) is 3.35. The fourth-order valence-corrected chi connectivity index (χ4v) is 1.69. The number of hydrogen-bond acceptors (Lipinski definition) is 4. The maximum Gasteiger partial charge on any atom is 0.224 e. The smallest absolute Gasteiger partial charge is 0.224 e. The first-order chi connectivity index (χ1) is 6.93. The molecule has 1 amide bonds. The number of rotatable bonds is 5. The van der Waals surface area contributed by atoms with Gasteiger partial charge in [-0.15, -0.1) is 11.3 Å². The topological polar surface area (TPSA) is 68.0 Å². The molecule has 0 fully saturated rings. The molecule has 1 aromatic rings. The molecular weight excluding hydrogens is 210 g/mol. The summed E-state index contributed by atoms with van der Waals surface area (Å²) in [6.45, 7) is 6.29. The summed E-state index contributed by atoms with van der Waals surface area (Å²) in [5, 5.41) is 3.28. The van der Waals surface area contributed by atoms with Crippen molar-refractivity contribution in [3.8, 4) is 0 Å². The second-order valence-electron chi connectivity index (χ2n) is 4.25. The zero-order chi connectivity index (χ0) is 11.5. The number of primary amides is 1. The molecule has 0 saturated carbocycles. The predicted molar refractivity (Wildman–Crippen MR) is 61.5 cm³/mol. The average molecular weight is 227 g/mol. The lowest BCUT2D eigenvalue weighted by molar-refractivity contribution is -0.125. The Balaban J connectivity index is 2.47. The lowest BCUT2D eigenvalue weighted by atomic mass is 9.92. The van der Waals surface area contributed by atoms with Gasteiger partial charge in [0, 0.05) is 23.7 Å². The van der Waals surface area contributed by atoms with E-state index in [4.69, 9.17) is 5.73 Å². The molecule has 3 N–H and O–H groups in total. The van der Waals surface area contributed by atoms with Crippen LogP contribution in [-0.4, -0.2) is 17.4 Å². The van der Waals surface area contributed by atoms with E-state index in [0.29, 0.717) is 6.54 Å². The number of nitrogens with two attached hydrogens (primary N) is 1. The van der Waals surface area contributed by atoms with E-state index in [2.05, 4.69) is 10.3 Å². The molecule has 4 nitrogen and oxygen atoms in total. The number of carbonyl (C=O) groups excluding carboxylic acids is 1. The van der Waals surface area contributed by atoms with Crippen LogP contribution in [0.25, 0.3) is 0 Å². The molecule has 0 radical (unpaired) electrons. The van der Waals surface area contributed by atoms with E-state index < -0.39 is 5.41 Å². The zero-order valence-electron chi connectivity index (χ0n) is 9.28. The van der Waals surface area contributed by atoms with Crippen LogP contribution < -0.4 is 11.1 Å². The Morgan fingerprint density at radius 1 is 1.73 bits per heavy atom. The van der Waals surface area contributed by atoms with Gasteiger partial charge in [-0.05, 0) is 20.8 Å². The second-order valence-corrected chi connectivity index (χ2v) is 5.17. The summed E-state index contributed by atoms with van der Waals surface area (Å²) in [6, 6.07) is 0.205. The Bertz CT molecular complexity index is 321. The molecule has 1 heterocycles. The predicted octanol–water partition coefficient (Wildman–Crippen LogP) is 1.31. The quantitative estimate of drug-likeness (QED) is 0.797. The number of hydrogen-bond donors (Lipinski definition) is 2. The highest BCUT2D eigenvalue weighted by molar-refractivity contribution is 7.09. The van der Waals surface area contributed by atoms with E-state index in [1.54, 1.807) is 16.8 Å². The number of nitrogens with one attached hydrogen (secondary N) is 1. The Kier molecular flexibility index (Phi) is 3.82. The molecule has 0 aromatic carbocycles. The van der Waals surface area contributed by atoms with Gasteiger partial charge in [-0.25, -0.2) is 0 Å². The molecule has 1 atom stereocenters. The fourth-order valence-electron chi connectivity index (χ4n) is 1.04. The molecule has 1 unspecified atom stereocenters. The van der Waals surface area contributed by atoms with Crippen molar-refractivity contribution in [2.24, 2.45) is 11.1 Å². The van der Waals surface area contributed by atoms with Gasteiger partial charge in [0.2, 0.25) is 5.91 Å². The maximum absolute atomic E-state index is 11.1. The fraction of sp³-hybridized carbons (Fsp3) is 0.600. The van der Waals surface area contributed by atoms with Crippen LogP contribution in [0.3, 0.4) is 0 Å². The van der Waals surface area contributed by atoms with Gasteiger partial charge in [-0.3, -0.25) is 9.78 Å². The van der Waals surface area contributed by atoms with Crippen LogP contribution in [0.4, 0.5) is 0 Å². The molecule has 0 aliphatic heterocycles. The first kappa shape index (κ1) is 12.1. The van der Waals surface area contributed by atoms with Gasteiger partial charge in [0.15, 0.2) is 0 Å². The Morgan fingerprint density at radius 2 is 2.40 bits per heavy atom. The molecule has 0 aliphatic carbocycles. The van der Waals surface area contributed by atoms with Gasteiger partial charge >= 0.3 is 0 Å². The second kappa shape index (κ2) is 4.72. The number of nitrogens with zero attached hydrogens (tertiary/aromatic N) is 1. The Morgan fingerprint density at radius 3 is 2.87 bits per heavy atom. The molecule has 5 heteroatoms. The van der Waals surface area contributed by atoms with Gasteiger partial charge in [-0.2, -0.15) is 0 Å². The van der Waals surface area contributed by atoms with Crippen molar-refractivity contribution in [1.82, 2.24) is 10.3 Å². The van der Waals surface area contributed by atoms with Gasteiger partial charge in [-0.1, -0.05) is 0 Å². The standard InChI is InChI=1S/C10H17N3OS/c1-7(8-4-12-6-15-8)13-5-10(2,3)9(11)14/h4,6-7,13H,5H2,1-3H3,(H2,11,14). The summed E-state index contributed by atoms with van der Waals surface area (Å²) in [5.74, 6) is -0.286. The van der Waals surface area contributed by atoms with Crippen molar-refractivity contribution in [3.63, 3.8) is 0 Å². The molecular formula is C10H17N3OS. The van der Waals surface area contributed by atoms with E-state index in [0.717, 1.165) is 4.88 Å². The van der Waals surface area contributed by atoms with Gasteiger partial charge in [0.05, 0.1) is 10.9 Å². The van der Waals surface area contributed by atoms with E-state index in [1.165, 1.54) is 0 Å². The lowest BCUT2D eigenvalue weighted by Gasteiger charge is -2.23.